The predicted molar refractivity (Wildman–Crippen MR) is 98.1 cm³/mol. The molecule has 0 aliphatic heterocycles. The van der Waals surface area contributed by atoms with Gasteiger partial charge in [0.05, 0.1) is 12.2 Å². The Morgan fingerprint density at radius 1 is 1.12 bits per heavy atom. The van der Waals surface area contributed by atoms with Crippen molar-refractivity contribution in [3.05, 3.63) is 0 Å². The van der Waals surface area contributed by atoms with Crippen LogP contribution in [-0.2, 0) is 9.53 Å². The molecule has 0 aromatic heterocycles. The Morgan fingerprint density at radius 3 is 2.56 bits per heavy atom. The zero-order valence-electron chi connectivity index (χ0n) is 16.5. The monoisotopic (exact) mass is 348 g/mol. The molecule has 0 aromatic rings. The van der Waals surface area contributed by atoms with E-state index in [2.05, 4.69) is 20.8 Å². The Kier molecular flexibility index (Phi) is 4.16. The van der Waals surface area contributed by atoms with E-state index in [1.165, 1.54) is 19.3 Å². The summed E-state index contributed by atoms with van der Waals surface area (Å²) >= 11 is 0. The van der Waals surface area contributed by atoms with Gasteiger partial charge >= 0.3 is 0 Å². The van der Waals surface area contributed by atoms with E-state index in [0.717, 1.165) is 43.9 Å². The molecule has 4 rings (SSSR count). The number of Topliss-reactive ketones (excluding diaryl/α,β-unsaturated/α-hetero) is 1. The van der Waals surface area contributed by atoms with Crippen LogP contribution in [0.5, 0.6) is 0 Å². The molecule has 0 saturated heterocycles. The Labute approximate surface area is 152 Å². The second kappa shape index (κ2) is 5.79. The second-order valence-corrected chi connectivity index (χ2v) is 10.4. The first-order valence-electron chi connectivity index (χ1n) is 10.5. The van der Waals surface area contributed by atoms with Crippen molar-refractivity contribution in [3.8, 4) is 0 Å². The third-order valence-electron chi connectivity index (χ3n) is 9.51. The minimum atomic E-state index is -0.648. The number of aliphatic hydroxyl groups is 1. The first-order chi connectivity index (χ1) is 11.7. The van der Waals surface area contributed by atoms with Gasteiger partial charge in [-0.15, -0.1) is 0 Å². The lowest BCUT2D eigenvalue weighted by Crippen LogP contribution is -2.58. The van der Waals surface area contributed by atoms with Gasteiger partial charge < -0.3 is 9.84 Å². The maximum absolute atomic E-state index is 12.3. The van der Waals surface area contributed by atoms with Gasteiger partial charge in [0.25, 0.3) is 0 Å². The number of carbonyl (C=O) groups is 1. The van der Waals surface area contributed by atoms with Gasteiger partial charge in [0.2, 0.25) is 0 Å². The van der Waals surface area contributed by atoms with Crippen molar-refractivity contribution < 1.29 is 14.6 Å². The molecule has 0 heterocycles. The molecular formula is C22H36O3. The summed E-state index contributed by atoms with van der Waals surface area (Å²) in [6.07, 6.45) is 8.75. The van der Waals surface area contributed by atoms with Crippen LogP contribution in [0.4, 0.5) is 0 Å². The molecule has 3 nitrogen and oxygen atoms in total. The average Bonchev–Trinajstić information content (AvgIpc) is 2.81. The predicted octanol–water partition coefficient (Wildman–Crippen LogP) is 4.22. The lowest BCUT2D eigenvalue weighted by Gasteiger charge is -2.61. The highest BCUT2D eigenvalue weighted by molar-refractivity contribution is 5.82. The van der Waals surface area contributed by atoms with Crippen LogP contribution in [0.3, 0.4) is 0 Å². The van der Waals surface area contributed by atoms with Crippen LogP contribution in [0, 0.1) is 40.4 Å². The molecule has 4 aliphatic carbocycles. The molecule has 4 saturated carbocycles. The number of carbonyl (C=O) groups excluding carboxylic acids is 1. The van der Waals surface area contributed by atoms with Gasteiger partial charge in [0, 0.05) is 24.9 Å². The Morgan fingerprint density at radius 2 is 1.84 bits per heavy atom. The molecule has 0 bridgehead atoms. The summed E-state index contributed by atoms with van der Waals surface area (Å²) in [6.45, 7) is 7.45. The number of ether oxygens (including phenoxy) is 1. The molecule has 4 aliphatic rings. The number of fused-ring (bicyclic) bond motifs is 5. The quantitative estimate of drug-likeness (QED) is 0.812. The molecule has 3 heteroatoms. The second-order valence-electron chi connectivity index (χ2n) is 10.4. The summed E-state index contributed by atoms with van der Waals surface area (Å²) in [7, 11) is 1.72. The van der Waals surface area contributed by atoms with E-state index < -0.39 is 5.60 Å². The summed E-state index contributed by atoms with van der Waals surface area (Å²) < 4.78 is 5.42. The molecule has 3 unspecified atom stereocenters. The molecule has 4 fully saturated rings. The maximum atomic E-state index is 12.3. The smallest absolute Gasteiger partial charge is 0.136 e. The van der Waals surface area contributed by atoms with Crippen LogP contribution < -0.4 is 0 Å². The summed E-state index contributed by atoms with van der Waals surface area (Å²) in [5.41, 5.74) is -0.312. The fourth-order valence-corrected chi connectivity index (χ4v) is 7.99. The van der Waals surface area contributed by atoms with Gasteiger partial charge in [0.15, 0.2) is 0 Å². The minimum absolute atomic E-state index is 0.00345. The van der Waals surface area contributed by atoms with E-state index in [4.69, 9.17) is 4.74 Å². The topological polar surface area (TPSA) is 46.5 Å². The first kappa shape index (κ1) is 18.0. The Hall–Kier alpha value is -0.410. The number of methoxy groups -OCH3 is 1. The summed E-state index contributed by atoms with van der Waals surface area (Å²) in [5.74, 6) is 3.42. The van der Waals surface area contributed by atoms with Gasteiger partial charge in [-0.3, -0.25) is 4.79 Å². The molecule has 0 amide bonds. The lowest BCUT2D eigenvalue weighted by molar-refractivity contribution is -0.172. The summed E-state index contributed by atoms with van der Waals surface area (Å²) in [6, 6.07) is 0. The highest BCUT2D eigenvalue weighted by Crippen LogP contribution is 2.68. The number of rotatable bonds is 2. The maximum Gasteiger partial charge on any atom is 0.136 e. The van der Waals surface area contributed by atoms with Crippen molar-refractivity contribution in [3.63, 3.8) is 0 Å². The summed E-state index contributed by atoms with van der Waals surface area (Å²) in [4.78, 5) is 12.3. The zero-order valence-corrected chi connectivity index (χ0v) is 16.5. The van der Waals surface area contributed by atoms with Crippen LogP contribution in [0.2, 0.25) is 0 Å². The van der Waals surface area contributed by atoms with Crippen molar-refractivity contribution in [2.45, 2.75) is 77.7 Å². The highest BCUT2D eigenvalue weighted by Gasteiger charge is 2.64. The minimum Gasteiger partial charge on any atom is -0.387 e. The largest absolute Gasteiger partial charge is 0.387 e. The fraction of sp³-hybridized carbons (Fsp3) is 0.955. The molecule has 8 atom stereocenters. The van der Waals surface area contributed by atoms with Crippen LogP contribution in [0.25, 0.3) is 0 Å². The normalized spacial score (nSPS) is 55.4. The van der Waals surface area contributed by atoms with Gasteiger partial charge in [-0.2, -0.15) is 0 Å². The van der Waals surface area contributed by atoms with E-state index in [1.807, 2.05) is 0 Å². The van der Waals surface area contributed by atoms with E-state index in [1.54, 1.807) is 7.11 Å². The third kappa shape index (κ3) is 2.34. The fourth-order valence-electron chi connectivity index (χ4n) is 7.99. The van der Waals surface area contributed by atoms with Crippen LogP contribution in [-0.4, -0.2) is 30.2 Å². The van der Waals surface area contributed by atoms with Crippen molar-refractivity contribution in [2.75, 3.05) is 13.7 Å². The molecule has 25 heavy (non-hydrogen) atoms. The molecular weight excluding hydrogens is 312 g/mol. The standard InChI is InChI=1S/C22H36O3/c1-14-12-20(2)15(11-19(14)23)5-6-16-17(20)7-9-21(3)18(16)8-10-22(21,24)13-25-4/h14-18,24H,5-13H2,1-4H3/t14-,15+,16?,17?,18?,20+,21+,22-/m1/s1. The van der Waals surface area contributed by atoms with Gasteiger partial charge in [-0.1, -0.05) is 20.8 Å². The van der Waals surface area contributed by atoms with Crippen LogP contribution in [0.1, 0.15) is 72.1 Å². The van der Waals surface area contributed by atoms with E-state index in [-0.39, 0.29) is 11.3 Å². The van der Waals surface area contributed by atoms with E-state index >= 15 is 0 Å². The SMILES string of the molecule is COC[C@]1(O)CCC2C3CC[C@H]4CC(=O)[C@H](C)C[C@]4(C)C3CC[C@@]21C. The number of hydrogen-bond donors (Lipinski definition) is 1. The van der Waals surface area contributed by atoms with Crippen molar-refractivity contribution in [1.82, 2.24) is 0 Å². The molecule has 1 N–H and O–H groups in total. The van der Waals surface area contributed by atoms with Crippen molar-refractivity contribution >= 4 is 5.78 Å². The van der Waals surface area contributed by atoms with Gasteiger partial charge in [-0.25, -0.2) is 0 Å². The Balaban J connectivity index is 1.63. The first-order valence-corrected chi connectivity index (χ1v) is 10.5. The number of ketones is 1. The van der Waals surface area contributed by atoms with Crippen LogP contribution in [0.15, 0.2) is 0 Å². The summed E-state index contributed by atoms with van der Waals surface area (Å²) in [5, 5.41) is 11.3. The van der Waals surface area contributed by atoms with E-state index in [0.29, 0.717) is 29.6 Å². The average molecular weight is 349 g/mol. The lowest BCUT2D eigenvalue weighted by atomic mass is 9.44. The molecule has 0 aromatic carbocycles. The van der Waals surface area contributed by atoms with Gasteiger partial charge in [0.1, 0.15) is 5.78 Å². The highest BCUT2D eigenvalue weighted by atomic mass is 16.5. The molecule has 142 valence electrons. The Bertz CT molecular complexity index is 559. The third-order valence-corrected chi connectivity index (χ3v) is 9.51. The van der Waals surface area contributed by atoms with Crippen molar-refractivity contribution in [1.29, 1.82) is 0 Å². The molecule has 0 radical (unpaired) electrons. The van der Waals surface area contributed by atoms with Crippen molar-refractivity contribution in [2.24, 2.45) is 40.4 Å². The van der Waals surface area contributed by atoms with E-state index in [9.17, 15) is 9.90 Å². The van der Waals surface area contributed by atoms with Gasteiger partial charge in [-0.05, 0) is 74.0 Å². The molecule has 0 spiro atoms. The number of hydrogen-bond acceptors (Lipinski definition) is 3. The zero-order chi connectivity index (χ0) is 18.0. The van der Waals surface area contributed by atoms with Crippen LogP contribution >= 0.6 is 0 Å².